The zero-order valence-electron chi connectivity index (χ0n) is 17.0. The second-order valence-corrected chi connectivity index (χ2v) is 8.70. The van der Waals surface area contributed by atoms with Crippen molar-refractivity contribution in [1.82, 2.24) is 0 Å². The number of hydrogen-bond donors (Lipinski definition) is 0. The van der Waals surface area contributed by atoms with Crippen molar-refractivity contribution < 1.29 is 4.74 Å². The highest BCUT2D eigenvalue weighted by Gasteiger charge is 2.35. The van der Waals surface area contributed by atoms with Crippen molar-refractivity contribution in [2.45, 2.75) is 64.7 Å². The average Bonchev–Trinajstić information content (AvgIpc) is 2.74. The quantitative estimate of drug-likeness (QED) is 0.536. The van der Waals surface area contributed by atoms with Crippen LogP contribution in [0.25, 0.3) is 11.1 Å². The summed E-state index contributed by atoms with van der Waals surface area (Å²) in [6, 6.07) is 17.9. The Balaban J connectivity index is 1.41. The molecule has 144 valence electrons. The second kappa shape index (κ2) is 8.50. The van der Waals surface area contributed by atoms with Gasteiger partial charge >= 0.3 is 0 Å². The van der Waals surface area contributed by atoms with Crippen LogP contribution in [-0.4, -0.2) is 6.61 Å². The monoisotopic (exact) mass is 362 g/mol. The summed E-state index contributed by atoms with van der Waals surface area (Å²) in [5.41, 5.74) is 4.13. The molecule has 2 aromatic carbocycles. The first-order chi connectivity index (χ1) is 13.3. The predicted octanol–water partition coefficient (Wildman–Crippen LogP) is 7.46. The van der Waals surface area contributed by atoms with E-state index in [1.807, 2.05) is 6.92 Å². The fourth-order valence-corrected chi connectivity index (χ4v) is 5.52. The molecular weight excluding hydrogens is 328 g/mol. The molecule has 1 heteroatoms. The van der Waals surface area contributed by atoms with Crippen molar-refractivity contribution in [3.05, 3.63) is 54.1 Å². The third-order valence-corrected chi connectivity index (χ3v) is 7.18. The Morgan fingerprint density at radius 2 is 1.37 bits per heavy atom. The van der Waals surface area contributed by atoms with Crippen LogP contribution in [0.3, 0.4) is 0 Å². The zero-order chi connectivity index (χ0) is 18.6. The highest BCUT2D eigenvalue weighted by molar-refractivity contribution is 5.64. The van der Waals surface area contributed by atoms with Crippen molar-refractivity contribution in [3.63, 3.8) is 0 Å². The lowest BCUT2D eigenvalue weighted by molar-refractivity contribution is 0.116. The Morgan fingerprint density at radius 1 is 0.741 bits per heavy atom. The summed E-state index contributed by atoms with van der Waals surface area (Å²) in [5, 5.41) is 0. The Labute approximate surface area is 165 Å². The largest absolute Gasteiger partial charge is 0.494 e. The minimum absolute atomic E-state index is 0.719. The maximum Gasteiger partial charge on any atom is 0.119 e. The average molecular weight is 363 g/mol. The number of benzene rings is 2. The molecule has 0 spiro atoms. The predicted molar refractivity (Wildman–Crippen MR) is 114 cm³/mol. The van der Waals surface area contributed by atoms with Crippen LogP contribution in [0.5, 0.6) is 5.75 Å². The molecule has 4 unspecified atom stereocenters. The van der Waals surface area contributed by atoms with Crippen LogP contribution in [0.1, 0.15) is 70.3 Å². The maximum atomic E-state index is 5.55. The minimum Gasteiger partial charge on any atom is -0.494 e. The van der Waals surface area contributed by atoms with Crippen LogP contribution in [0, 0.1) is 17.8 Å². The lowest BCUT2D eigenvalue weighted by atomic mass is 9.63. The highest BCUT2D eigenvalue weighted by Crippen LogP contribution is 2.48. The van der Waals surface area contributed by atoms with E-state index in [0.717, 1.165) is 36.0 Å². The topological polar surface area (TPSA) is 9.23 Å². The van der Waals surface area contributed by atoms with E-state index in [-0.39, 0.29) is 0 Å². The third kappa shape index (κ3) is 4.23. The lowest BCUT2D eigenvalue weighted by Gasteiger charge is -2.42. The molecule has 0 N–H and O–H groups in total. The molecule has 0 heterocycles. The molecule has 0 aliphatic heterocycles. The summed E-state index contributed by atoms with van der Waals surface area (Å²) in [7, 11) is 0. The molecule has 0 bridgehead atoms. The molecule has 2 aliphatic rings. The van der Waals surface area contributed by atoms with Gasteiger partial charge in [-0.05, 0) is 91.5 Å². The molecule has 0 radical (unpaired) electrons. The number of rotatable bonds is 5. The van der Waals surface area contributed by atoms with E-state index in [2.05, 4.69) is 55.5 Å². The molecule has 4 atom stereocenters. The molecule has 2 aromatic rings. The van der Waals surface area contributed by atoms with Crippen LogP contribution < -0.4 is 4.74 Å². The lowest BCUT2D eigenvalue weighted by Crippen LogP contribution is -2.30. The highest BCUT2D eigenvalue weighted by atomic mass is 16.5. The molecule has 27 heavy (non-hydrogen) atoms. The maximum absolute atomic E-state index is 5.55. The van der Waals surface area contributed by atoms with Crippen molar-refractivity contribution in [3.8, 4) is 16.9 Å². The van der Waals surface area contributed by atoms with Gasteiger partial charge in [-0.15, -0.1) is 0 Å². The molecule has 0 amide bonds. The summed E-state index contributed by atoms with van der Waals surface area (Å²) in [5.74, 6) is 4.74. The normalized spacial score (nSPS) is 27.8. The summed E-state index contributed by atoms with van der Waals surface area (Å²) in [6.45, 7) is 5.12. The van der Waals surface area contributed by atoms with Crippen molar-refractivity contribution in [2.75, 3.05) is 6.61 Å². The number of fused-ring (bicyclic) bond motifs is 1. The number of hydrogen-bond acceptors (Lipinski definition) is 1. The Bertz CT molecular complexity index is 715. The fraction of sp³-hybridized carbons (Fsp3) is 0.538. The molecule has 0 saturated heterocycles. The van der Waals surface area contributed by atoms with Gasteiger partial charge in [0.1, 0.15) is 5.75 Å². The first-order valence-electron chi connectivity index (χ1n) is 11.1. The Hall–Kier alpha value is -1.76. The Kier molecular flexibility index (Phi) is 5.86. The van der Waals surface area contributed by atoms with Gasteiger partial charge in [-0.1, -0.05) is 56.2 Å². The summed E-state index contributed by atoms with van der Waals surface area (Å²) < 4.78 is 5.55. The van der Waals surface area contributed by atoms with E-state index in [4.69, 9.17) is 4.74 Å². The van der Waals surface area contributed by atoms with Gasteiger partial charge < -0.3 is 4.74 Å². The van der Waals surface area contributed by atoms with Crippen LogP contribution in [0.4, 0.5) is 0 Å². The molecule has 4 rings (SSSR count). The SMILES string of the molecule is CCOc1ccc(-c2ccc(C3CCC4CC(CC)CCC4C3)cc2)cc1. The summed E-state index contributed by atoms with van der Waals surface area (Å²) in [6.07, 6.45) is 10.1. The fourth-order valence-electron chi connectivity index (χ4n) is 5.52. The molecule has 2 saturated carbocycles. The third-order valence-electron chi connectivity index (χ3n) is 7.18. The smallest absolute Gasteiger partial charge is 0.119 e. The van der Waals surface area contributed by atoms with Gasteiger partial charge in [0.25, 0.3) is 0 Å². The van der Waals surface area contributed by atoms with Gasteiger partial charge in [0.2, 0.25) is 0 Å². The van der Waals surface area contributed by atoms with Gasteiger partial charge in [-0.25, -0.2) is 0 Å². The van der Waals surface area contributed by atoms with Crippen LogP contribution in [0.2, 0.25) is 0 Å². The minimum atomic E-state index is 0.719. The van der Waals surface area contributed by atoms with E-state index < -0.39 is 0 Å². The zero-order valence-corrected chi connectivity index (χ0v) is 17.0. The van der Waals surface area contributed by atoms with Crippen LogP contribution in [-0.2, 0) is 0 Å². The van der Waals surface area contributed by atoms with E-state index in [1.54, 1.807) is 5.56 Å². The molecule has 1 nitrogen and oxygen atoms in total. The van der Waals surface area contributed by atoms with Gasteiger partial charge in [0.05, 0.1) is 6.61 Å². The molecule has 0 aromatic heterocycles. The van der Waals surface area contributed by atoms with E-state index in [0.29, 0.717) is 0 Å². The van der Waals surface area contributed by atoms with E-state index in [9.17, 15) is 0 Å². The van der Waals surface area contributed by atoms with E-state index in [1.165, 1.54) is 56.1 Å². The van der Waals surface area contributed by atoms with Crippen molar-refractivity contribution >= 4 is 0 Å². The van der Waals surface area contributed by atoms with Gasteiger partial charge in [-0.3, -0.25) is 0 Å². The van der Waals surface area contributed by atoms with E-state index >= 15 is 0 Å². The van der Waals surface area contributed by atoms with Crippen LogP contribution >= 0.6 is 0 Å². The number of ether oxygens (including phenoxy) is 1. The van der Waals surface area contributed by atoms with Gasteiger partial charge in [0.15, 0.2) is 0 Å². The first kappa shape index (κ1) is 18.6. The Morgan fingerprint density at radius 3 is 2.04 bits per heavy atom. The van der Waals surface area contributed by atoms with Crippen molar-refractivity contribution in [1.29, 1.82) is 0 Å². The standard InChI is InChI=1S/C26H34O/c1-3-19-5-6-25-18-24(12-11-23(25)17-19)22-9-7-20(8-10-22)21-13-15-26(16-14-21)27-4-2/h7-10,13-16,19,23-25H,3-6,11-12,17-18H2,1-2H3. The first-order valence-corrected chi connectivity index (χ1v) is 11.1. The van der Waals surface area contributed by atoms with Crippen molar-refractivity contribution in [2.24, 2.45) is 17.8 Å². The molecule has 2 aliphatic carbocycles. The summed E-state index contributed by atoms with van der Waals surface area (Å²) in [4.78, 5) is 0. The van der Waals surface area contributed by atoms with Gasteiger partial charge in [-0.2, -0.15) is 0 Å². The van der Waals surface area contributed by atoms with Gasteiger partial charge in [0, 0.05) is 0 Å². The van der Waals surface area contributed by atoms with Crippen LogP contribution in [0.15, 0.2) is 48.5 Å². The molecular formula is C26H34O. The molecule has 2 fully saturated rings. The summed E-state index contributed by atoms with van der Waals surface area (Å²) >= 11 is 0. The second-order valence-electron chi connectivity index (χ2n) is 8.70.